The Hall–Kier alpha value is -1.11. The number of alkyl halides is 3. The van der Waals surface area contributed by atoms with Crippen LogP contribution in [0.4, 0.5) is 13.2 Å². The van der Waals surface area contributed by atoms with Crippen molar-refractivity contribution in [3.05, 3.63) is 35.4 Å². The van der Waals surface area contributed by atoms with Crippen molar-refractivity contribution in [2.24, 2.45) is 5.92 Å². The van der Waals surface area contributed by atoms with E-state index in [9.17, 15) is 13.2 Å². The number of aryl methyl sites for hydroxylation is 1. The molecule has 1 aromatic rings. The Balaban J connectivity index is 3.10. The Morgan fingerprint density at radius 3 is 1.59 bits per heavy atom. The first-order valence-corrected chi connectivity index (χ1v) is 13.1. The van der Waals surface area contributed by atoms with Gasteiger partial charge in [0.05, 0.1) is 23.9 Å². The van der Waals surface area contributed by atoms with Gasteiger partial charge in [-0.3, -0.25) is 0 Å². The lowest BCUT2D eigenvalue weighted by atomic mass is 9.90. The smallest absolute Gasteiger partial charge is 0.324 e. The summed E-state index contributed by atoms with van der Waals surface area (Å²) >= 11 is 0. The van der Waals surface area contributed by atoms with Crippen LogP contribution in [0.2, 0.25) is 0 Å². The molecule has 0 heterocycles. The lowest BCUT2D eigenvalue weighted by Crippen LogP contribution is -2.51. The molecule has 0 radical (unpaired) electrons. The highest BCUT2D eigenvalue weighted by Gasteiger charge is 2.44. The standard InChI is InChI=1S/C28H47F3O3/c1-8-9-10-11-12-13-14-26(20-17-24-15-18-25(19-16-24)27(29,30)31)28(32-21(2)3,33-22(4)5)34-23(6)7/h15-16,18-19,21-23,26H,8-14,17,20H2,1-7H3. The molecule has 1 unspecified atom stereocenters. The van der Waals surface area contributed by atoms with Crippen LogP contribution < -0.4 is 0 Å². The second kappa shape index (κ2) is 15.1. The monoisotopic (exact) mass is 488 g/mol. The minimum atomic E-state index is -4.32. The third kappa shape index (κ3) is 11.5. The topological polar surface area (TPSA) is 27.7 Å². The molecule has 1 atom stereocenters. The maximum Gasteiger partial charge on any atom is 0.416 e. The summed E-state index contributed by atoms with van der Waals surface area (Å²) in [5.41, 5.74) is 0.247. The lowest BCUT2D eigenvalue weighted by Gasteiger charge is -2.43. The van der Waals surface area contributed by atoms with Crippen molar-refractivity contribution in [1.82, 2.24) is 0 Å². The molecule has 0 aromatic heterocycles. The molecule has 6 heteroatoms. The minimum Gasteiger partial charge on any atom is -0.324 e. The zero-order valence-electron chi connectivity index (χ0n) is 22.3. The summed E-state index contributed by atoms with van der Waals surface area (Å²) in [6.45, 7) is 14.0. The average Bonchev–Trinajstić information content (AvgIpc) is 2.70. The highest BCUT2D eigenvalue weighted by Crippen LogP contribution is 2.37. The molecule has 0 fully saturated rings. The molecule has 0 spiro atoms. The second-order valence-electron chi connectivity index (χ2n) is 10.1. The van der Waals surface area contributed by atoms with Gasteiger partial charge in [0, 0.05) is 5.92 Å². The van der Waals surface area contributed by atoms with Gasteiger partial charge in [-0.15, -0.1) is 0 Å². The molecule has 0 bridgehead atoms. The number of benzene rings is 1. The zero-order valence-corrected chi connectivity index (χ0v) is 22.3. The Morgan fingerprint density at radius 2 is 1.15 bits per heavy atom. The van der Waals surface area contributed by atoms with Crippen LogP contribution in [0.15, 0.2) is 24.3 Å². The van der Waals surface area contributed by atoms with Gasteiger partial charge in [-0.1, -0.05) is 57.6 Å². The third-order valence-electron chi connectivity index (χ3n) is 5.67. The highest BCUT2D eigenvalue weighted by molar-refractivity contribution is 5.24. The first kappa shape index (κ1) is 30.9. The normalized spacial score (nSPS) is 13.9. The molecule has 34 heavy (non-hydrogen) atoms. The Labute approximate surface area is 205 Å². The first-order valence-electron chi connectivity index (χ1n) is 13.1. The SMILES string of the molecule is CCCCCCCCC(CCc1ccc(C(F)(F)F)cc1)C(OC(C)C)(OC(C)C)OC(C)C. The number of hydrogen-bond donors (Lipinski definition) is 0. The first-order chi connectivity index (χ1) is 15.9. The number of hydrogen-bond acceptors (Lipinski definition) is 3. The fourth-order valence-electron chi connectivity index (χ4n) is 4.23. The van der Waals surface area contributed by atoms with Gasteiger partial charge in [0.15, 0.2) is 0 Å². The molecule has 0 saturated carbocycles. The summed E-state index contributed by atoms with van der Waals surface area (Å²) in [6, 6.07) is 5.46. The van der Waals surface area contributed by atoms with E-state index in [2.05, 4.69) is 6.92 Å². The van der Waals surface area contributed by atoms with Crippen LogP contribution in [0.3, 0.4) is 0 Å². The van der Waals surface area contributed by atoms with Crippen LogP contribution in [0.5, 0.6) is 0 Å². The molecule has 3 nitrogen and oxygen atoms in total. The van der Waals surface area contributed by atoms with Crippen molar-refractivity contribution in [2.75, 3.05) is 0 Å². The fourth-order valence-corrected chi connectivity index (χ4v) is 4.23. The summed E-state index contributed by atoms with van der Waals surface area (Å²) in [5, 5.41) is 0. The molecule has 0 aliphatic heterocycles. The van der Waals surface area contributed by atoms with Gasteiger partial charge < -0.3 is 14.2 Å². The van der Waals surface area contributed by atoms with E-state index in [0.717, 1.165) is 37.0 Å². The van der Waals surface area contributed by atoms with Crippen molar-refractivity contribution in [3.63, 3.8) is 0 Å². The van der Waals surface area contributed by atoms with Crippen LogP contribution >= 0.6 is 0 Å². The van der Waals surface area contributed by atoms with Crippen LogP contribution in [0.1, 0.15) is 111 Å². The number of rotatable bonds is 17. The van der Waals surface area contributed by atoms with E-state index in [1.807, 2.05) is 41.5 Å². The summed E-state index contributed by atoms with van der Waals surface area (Å²) in [5.74, 6) is -1.24. The molecule has 0 saturated heterocycles. The summed E-state index contributed by atoms with van der Waals surface area (Å²) in [7, 11) is 0. The predicted octanol–water partition coefficient (Wildman–Crippen LogP) is 8.93. The van der Waals surface area contributed by atoms with E-state index in [1.54, 1.807) is 12.1 Å². The number of unbranched alkanes of at least 4 members (excludes halogenated alkanes) is 5. The lowest BCUT2D eigenvalue weighted by molar-refractivity contribution is -0.433. The molecule has 0 aliphatic carbocycles. The maximum atomic E-state index is 13.0. The average molecular weight is 489 g/mol. The van der Waals surface area contributed by atoms with Gasteiger partial charge in [-0.05, 0) is 78.5 Å². The van der Waals surface area contributed by atoms with Crippen molar-refractivity contribution in [2.45, 2.75) is 137 Å². The van der Waals surface area contributed by atoms with Gasteiger partial charge >= 0.3 is 6.18 Å². The van der Waals surface area contributed by atoms with E-state index in [1.165, 1.54) is 25.7 Å². The summed E-state index contributed by atoms with van der Waals surface area (Å²) in [4.78, 5) is 0. The summed E-state index contributed by atoms with van der Waals surface area (Å²) in [6.07, 6.45) is 4.66. The largest absolute Gasteiger partial charge is 0.416 e. The Kier molecular flexibility index (Phi) is 13.7. The Morgan fingerprint density at radius 1 is 0.676 bits per heavy atom. The van der Waals surface area contributed by atoms with Crippen LogP contribution in [0.25, 0.3) is 0 Å². The van der Waals surface area contributed by atoms with Crippen LogP contribution in [-0.4, -0.2) is 24.3 Å². The third-order valence-corrected chi connectivity index (χ3v) is 5.67. The van der Waals surface area contributed by atoms with E-state index in [0.29, 0.717) is 12.8 Å². The van der Waals surface area contributed by atoms with E-state index < -0.39 is 17.7 Å². The second-order valence-corrected chi connectivity index (χ2v) is 10.1. The maximum absolute atomic E-state index is 13.0. The molecule has 1 rings (SSSR count). The van der Waals surface area contributed by atoms with E-state index in [4.69, 9.17) is 14.2 Å². The zero-order chi connectivity index (χ0) is 25.8. The van der Waals surface area contributed by atoms with E-state index >= 15 is 0 Å². The van der Waals surface area contributed by atoms with Gasteiger partial charge in [0.2, 0.25) is 0 Å². The minimum absolute atomic E-state index is 0.0480. The molecule has 1 aromatic carbocycles. The van der Waals surface area contributed by atoms with Crippen molar-refractivity contribution < 1.29 is 27.4 Å². The van der Waals surface area contributed by atoms with Gasteiger partial charge in [0.1, 0.15) is 0 Å². The number of halogens is 3. The van der Waals surface area contributed by atoms with Gasteiger partial charge in [0.25, 0.3) is 5.97 Å². The molecule has 0 N–H and O–H groups in total. The fraction of sp³-hybridized carbons (Fsp3) is 0.786. The predicted molar refractivity (Wildman–Crippen MR) is 133 cm³/mol. The van der Waals surface area contributed by atoms with Gasteiger partial charge in [-0.2, -0.15) is 13.2 Å². The van der Waals surface area contributed by atoms with Crippen molar-refractivity contribution in [3.8, 4) is 0 Å². The molecule has 198 valence electrons. The van der Waals surface area contributed by atoms with Crippen molar-refractivity contribution >= 4 is 0 Å². The van der Waals surface area contributed by atoms with E-state index in [-0.39, 0.29) is 24.2 Å². The van der Waals surface area contributed by atoms with Crippen LogP contribution in [-0.2, 0) is 26.8 Å². The molecular weight excluding hydrogens is 441 g/mol. The van der Waals surface area contributed by atoms with Gasteiger partial charge in [-0.25, -0.2) is 0 Å². The molecule has 0 aliphatic rings. The van der Waals surface area contributed by atoms with Crippen molar-refractivity contribution in [1.29, 1.82) is 0 Å². The summed E-state index contributed by atoms with van der Waals surface area (Å²) < 4.78 is 58.0. The molecule has 0 amide bonds. The quantitative estimate of drug-likeness (QED) is 0.162. The molecular formula is C28H47F3O3. The highest BCUT2D eigenvalue weighted by atomic mass is 19.4. The van der Waals surface area contributed by atoms with Crippen LogP contribution in [0, 0.1) is 5.92 Å². The number of ether oxygens (including phenoxy) is 3. The Bertz CT molecular complexity index is 627.